The van der Waals surface area contributed by atoms with Crippen molar-refractivity contribution in [3.05, 3.63) is 47.5 Å². The van der Waals surface area contributed by atoms with Gasteiger partial charge in [-0.15, -0.1) is 0 Å². The molecule has 0 saturated heterocycles. The van der Waals surface area contributed by atoms with Crippen molar-refractivity contribution in [1.82, 2.24) is 0 Å². The van der Waals surface area contributed by atoms with E-state index in [0.717, 1.165) is 0 Å². The Morgan fingerprint density at radius 1 is 1.18 bits per heavy atom. The summed E-state index contributed by atoms with van der Waals surface area (Å²) < 4.78 is 0. The van der Waals surface area contributed by atoms with Crippen LogP contribution in [0.15, 0.2) is 30.9 Å². The van der Waals surface area contributed by atoms with Gasteiger partial charge in [-0.05, 0) is 30.7 Å². The number of hydrogen-bond donors (Lipinski definition) is 3. The number of aliphatic hydroxyl groups excluding tert-OH is 2. The van der Waals surface area contributed by atoms with Crippen LogP contribution in [0.3, 0.4) is 0 Å². The highest BCUT2D eigenvalue weighted by molar-refractivity contribution is 5.90. The van der Waals surface area contributed by atoms with Crippen LogP contribution >= 0.6 is 0 Å². The van der Waals surface area contributed by atoms with Gasteiger partial charge in [0.25, 0.3) is 0 Å². The van der Waals surface area contributed by atoms with E-state index in [1.165, 1.54) is 18.2 Å². The Bertz CT molecular complexity index is 454. The number of hydrogen-bond acceptors (Lipinski definition) is 3. The van der Waals surface area contributed by atoms with Crippen LogP contribution < -0.4 is 0 Å². The van der Waals surface area contributed by atoms with Crippen LogP contribution in [0.4, 0.5) is 0 Å². The molecule has 0 amide bonds. The van der Waals surface area contributed by atoms with Crippen LogP contribution in [0, 0.1) is 0 Å². The summed E-state index contributed by atoms with van der Waals surface area (Å²) in [7, 11) is 0. The Kier molecular flexibility index (Phi) is 3.93. The zero-order valence-electron chi connectivity index (χ0n) is 9.47. The maximum Gasteiger partial charge on any atom is 0.335 e. The lowest BCUT2D eigenvalue weighted by Crippen LogP contribution is -1.99. The van der Waals surface area contributed by atoms with E-state index >= 15 is 0 Å². The molecule has 1 aromatic rings. The van der Waals surface area contributed by atoms with Crippen LogP contribution in [0.1, 0.15) is 34.8 Å². The topological polar surface area (TPSA) is 77.8 Å². The van der Waals surface area contributed by atoms with E-state index in [1.807, 2.05) is 6.92 Å². The summed E-state index contributed by atoms with van der Waals surface area (Å²) in [6.45, 7) is 5.18. The fourth-order valence-electron chi connectivity index (χ4n) is 1.38. The molecule has 0 saturated carbocycles. The molecule has 4 heteroatoms. The predicted octanol–water partition coefficient (Wildman–Crippen LogP) is 3.22. The van der Waals surface area contributed by atoms with Crippen molar-refractivity contribution < 1.29 is 20.1 Å². The van der Waals surface area contributed by atoms with Crippen molar-refractivity contribution in [1.29, 1.82) is 0 Å². The second-order valence-electron chi connectivity index (χ2n) is 3.55. The highest BCUT2D eigenvalue weighted by atomic mass is 16.4. The van der Waals surface area contributed by atoms with Gasteiger partial charge in [-0.3, -0.25) is 0 Å². The summed E-state index contributed by atoms with van der Waals surface area (Å²) in [5.74, 6) is -1.38. The second-order valence-corrected chi connectivity index (χ2v) is 3.55. The number of aliphatic hydroxyl groups is 2. The van der Waals surface area contributed by atoms with Crippen LogP contribution in [0.2, 0.25) is 0 Å². The van der Waals surface area contributed by atoms with Crippen molar-refractivity contribution >= 4 is 17.5 Å². The molecule has 1 rings (SSSR count). The van der Waals surface area contributed by atoms with Gasteiger partial charge in [0.1, 0.15) is 11.5 Å². The Labute approximate surface area is 99.2 Å². The summed E-state index contributed by atoms with van der Waals surface area (Å²) >= 11 is 0. The number of aromatic carboxylic acids is 1. The molecule has 0 heterocycles. The number of carboxylic acid groups (broad SMARTS) is 1. The number of allylic oxidation sites excluding steroid dienone is 1. The quantitative estimate of drug-likeness (QED) is 0.699. The molecule has 0 aromatic heterocycles. The summed E-state index contributed by atoms with van der Waals surface area (Å²) in [5, 5.41) is 27.9. The maximum absolute atomic E-state index is 10.9. The van der Waals surface area contributed by atoms with E-state index in [-0.39, 0.29) is 22.6 Å². The number of carboxylic acids is 1. The molecule has 0 aliphatic heterocycles. The van der Waals surface area contributed by atoms with Gasteiger partial charge in [-0.25, -0.2) is 4.79 Å². The molecule has 4 nitrogen and oxygen atoms in total. The number of carbonyl (C=O) groups is 1. The molecule has 0 aliphatic rings. The molecule has 0 bridgehead atoms. The normalized spacial score (nSPS) is 11.2. The minimum atomic E-state index is -1.13. The van der Waals surface area contributed by atoms with Gasteiger partial charge in [0.15, 0.2) is 0 Å². The molecule has 0 unspecified atom stereocenters. The lowest BCUT2D eigenvalue weighted by molar-refractivity contribution is 0.0697. The molecule has 0 fully saturated rings. The highest BCUT2D eigenvalue weighted by Crippen LogP contribution is 2.20. The van der Waals surface area contributed by atoms with Crippen LogP contribution in [0.25, 0.3) is 11.5 Å². The molecule has 17 heavy (non-hydrogen) atoms. The van der Waals surface area contributed by atoms with Crippen molar-refractivity contribution in [2.45, 2.75) is 13.3 Å². The summed E-state index contributed by atoms with van der Waals surface area (Å²) in [6, 6.07) is 4.12. The third-order valence-corrected chi connectivity index (χ3v) is 2.21. The van der Waals surface area contributed by atoms with Gasteiger partial charge in [0.05, 0.1) is 5.56 Å². The summed E-state index contributed by atoms with van der Waals surface area (Å²) in [5.41, 5.74) is 0.608. The fourth-order valence-corrected chi connectivity index (χ4v) is 1.38. The van der Waals surface area contributed by atoms with Crippen molar-refractivity contribution in [3.8, 4) is 0 Å². The Morgan fingerprint density at radius 2 is 1.71 bits per heavy atom. The van der Waals surface area contributed by atoms with E-state index in [1.54, 1.807) is 6.08 Å². The van der Waals surface area contributed by atoms with Gasteiger partial charge < -0.3 is 15.3 Å². The average molecular weight is 234 g/mol. The van der Waals surface area contributed by atoms with E-state index < -0.39 is 5.97 Å². The first-order valence-electron chi connectivity index (χ1n) is 5.11. The molecule has 1 aromatic carbocycles. The van der Waals surface area contributed by atoms with Gasteiger partial charge in [0.2, 0.25) is 0 Å². The fraction of sp³-hybridized carbons (Fsp3) is 0.154. The lowest BCUT2D eigenvalue weighted by atomic mass is 10.0. The molecule has 90 valence electrons. The zero-order valence-corrected chi connectivity index (χ0v) is 9.47. The first kappa shape index (κ1) is 12.8. The third-order valence-electron chi connectivity index (χ3n) is 2.21. The van der Waals surface area contributed by atoms with E-state index in [2.05, 4.69) is 6.58 Å². The van der Waals surface area contributed by atoms with E-state index in [0.29, 0.717) is 12.0 Å². The van der Waals surface area contributed by atoms with Gasteiger partial charge >= 0.3 is 5.97 Å². The van der Waals surface area contributed by atoms with Gasteiger partial charge in [-0.2, -0.15) is 0 Å². The smallest absolute Gasteiger partial charge is 0.335 e. The van der Waals surface area contributed by atoms with Crippen molar-refractivity contribution in [2.24, 2.45) is 0 Å². The monoisotopic (exact) mass is 234 g/mol. The van der Waals surface area contributed by atoms with Crippen molar-refractivity contribution in [2.75, 3.05) is 0 Å². The molecular formula is C13H14O4. The van der Waals surface area contributed by atoms with Crippen LogP contribution in [-0.4, -0.2) is 21.3 Å². The van der Waals surface area contributed by atoms with Gasteiger partial charge in [-0.1, -0.05) is 13.5 Å². The standard InChI is InChI=1S/C13H14O4/c1-3-4-12(15)10-5-9(8(2)14)6-11(7-10)13(16)17/h4-7,14-15H,2-3H2,1H3,(H,16,17)/b12-4-. The van der Waals surface area contributed by atoms with Crippen molar-refractivity contribution in [3.63, 3.8) is 0 Å². The Balaban J connectivity index is 3.36. The second kappa shape index (κ2) is 5.21. The average Bonchev–Trinajstić information content (AvgIpc) is 2.28. The number of benzene rings is 1. The molecule has 0 atom stereocenters. The maximum atomic E-state index is 10.9. The largest absolute Gasteiger partial charge is 0.508 e. The lowest BCUT2D eigenvalue weighted by Gasteiger charge is -2.06. The van der Waals surface area contributed by atoms with E-state index in [9.17, 15) is 15.0 Å². The molecule has 0 radical (unpaired) electrons. The minimum absolute atomic E-state index is 0.0104. The van der Waals surface area contributed by atoms with Crippen LogP contribution in [0.5, 0.6) is 0 Å². The van der Waals surface area contributed by atoms with Gasteiger partial charge in [0, 0.05) is 11.1 Å². The molecule has 0 spiro atoms. The highest BCUT2D eigenvalue weighted by Gasteiger charge is 2.10. The third kappa shape index (κ3) is 3.11. The summed E-state index contributed by atoms with van der Waals surface area (Å²) in [4.78, 5) is 10.9. The van der Waals surface area contributed by atoms with Crippen LogP contribution in [-0.2, 0) is 0 Å². The van der Waals surface area contributed by atoms with E-state index in [4.69, 9.17) is 5.11 Å². The molecule has 0 aliphatic carbocycles. The minimum Gasteiger partial charge on any atom is -0.508 e. The molecule has 3 N–H and O–H groups in total. The zero-order chi connectivity index (χ0) is 13.0. The number of rotatable bonds is 4. The SMILES string of the molecule is C=C(O)c1cc(C(=O)O)cc(/C(O)=C/CC)c1. The molecular weight excluding hydrogens is 220 g/mol. The Morgan fingerprint density at radius 3 is 2.18 bits per heavy atom. The summed E-state index contributed by atoms with van der Waals surface area (Å²) in [6.07, 6.45) is 2.18. The predicted molar refractivity (Wildman–Crippen MR) is 66.0 cm³/mol. The first-order valence-corrected chi connectivity index (χ1v) is 5.11. The Hall–Kier alpha value is -2.23. The first-order chi connectivity index (χ1) is 7.95.